The Balaban J connectivity index is 2.03. The Bertz CT molecular complexity index is 474. The maximum Gasteiger partial charge on any atom is 0.0375 e. The van der Waals surface area contributed by atoms with Crippen LogP contribution in [0.25, 0.3) is 10.1 Å². The summed E-state index contributed by atoms with van der Waals surface area (Å²) in [6.07, 6.45) is 2.67. The lowest BCUT2D eigenvalue weighted by molar-refractivity contribution is 0.735. The second kappa shape index (κ2) is 3.53. The van der Waals surface area contributed by atoms with Crippen molar-refractivity contribution in [1.82, 2.24) is 0 Å². The summed E-state index contributed by atoms with van der Waals surface area (Å²) in [7, 11) is 0. The maximum atomic E-state index is 2.52. The normalized spacial score (nSPS) is 21.4. The van der Waals surface area contributed by atoms with E-state index in [2.05, 4.69) is 41.5 Å². The molecule has 0 saturated carbocycles. The molecule has 1 nitrogen and oxygen atoms in total. The Morgan fingerprint density at radius 1 is 1.33 bits per heavy atom. The molecule has 78 valence electrons. The molecule has 1 aromatic carbocycles. The van der Waals surface area contributed by atoms with E-state index in [1.807, 2.05) is 11.3 Å². The van der Waals surface area contributed by atoms with Crippen LogP contribution in [0.2, 0.25) is 0 Å². The van der Waals surface area contributed by atoms with Gasteiger partial charge in [0, 0.05) is 23.0 Å². The van der Waals surface area contributed by atoms with Gasteiger partial charge in [0.05, 0.1) is 0 Å². The van der Waals surface area contributed by atoms with Crippen LogP contribution in [-0.4, -0.2) is 12.6 Å². The van der Waals surface area contributed by atoms with Gasteiger partial charge in [0.1, 0.15) is 0 Å². The van der Waals surface area contributed by atoms with E-state index in [-0.39, 0.29) is 0 Å². The first-order valence-corrected chi connectivity index (χ1v) is 6.46. The standard InChI is InChI=1S/C13H15NS/c1-10-3-2-7-14(10)12-4-5-13-11(9-12)6-8-15-13/h4-6,8-10H,2-3,7H2,1H3. The molecule has 15 heavy (non-hydrogen) atoms. The number of nitrogens with zero attached hydrogens (tertiary/aromatic N) is 1. The minimum absolute atomic E-state index is 0.709. The predicted molar refractivity (Wildman–Crippen MR) is 67.9 cm³/mol. The highest BCUT2D eigenvalue weighted by molar-refractivity contribution is 7.17. The monoisotopic (exact) mass is 217 g/mol. The molecule has 1 saturated heterocycles. The summed E-state index contributed by atoms with van der Waals surface area (Å²) < 4.78 is 1.39. The van der Waals surface area contributed by atoms with Crippen molar-refractivity contribution in [2.75, 3.05) is 11.4 Å². The lowest BCUT2D eigenvalue weighted by atomic mass is 10.2. The molecule has 2 heteroatoms. The van der Waals surface area contributed by atoms with E-state index < -0.39 is 0 Å². The highest BCUT2D eigenvalue weighted by atomic mass is 32.1. The van der Waals surface area contributed by atoms with E-state index in [9.17, 15) is 0 Å². The fourth-order valence-electron chi connectivity index (χ4n) is 2.45. The summed E-state index contributed by atoms with van der Waals surface area (Å²) in [6, 6.07) is 9.76. The van der Waals surface area contributed by atoms with Gasteiger partial charge in [-0.3, -0.25) is 0 Å². The quantitative estimate of drug-likeness (QED) is 0.700. The molecule has 1 unspecified atom stereocenters. The molecular weight excluding hydrogens is 202 g/mol. The third-order valence-corrected chi connectivity index (χ3v) is 4.22. The van der Waals surface area contributed by atoms with Crippen molar-refractivity contribution in [3.05, 3.63) is 29.6 Å². The number of hydrogen-bond acceptors (Lipinski definition) is 2. The highest BCUT2D eigenvalue weighted by Gasteiger charge is 2.20. The minimum atomic E-state index is 0.709. The molecule has 2 aromatic rings. The third kappa shape index (κ3) is 1.53. The van der Waals surface area contributed by atoms with Gasteiger partial charge in [0.15, 0.2) is 0 Å². The highest BCUT2D eigenvalue weighted by Crippen LogP contribution is 2.30. The van der Waals surface area contributed by atoms with E-state index in [1.54, 1.807) is 0 Å². The van der Waals surface area contributed by atoms with Crippen LogP contribution in [0.5, 0.6) is 0 Å². The molecule has 0 aliphatic carbocycles. The van der Waals surface area contributed by atoms with Crippen LogP contribution < -0.4 is 4.90 Å². The van der Waals surface area contributed by atoms with Crippen LogP contribution >= 0.6 is 11.3 Å². The first-order chi connectivity index (χ1) is 7.34. The van der Waals surface area contributed by atoms with Gasteiger partial charge < -0.3 is 4.90 Å². The summed E-state index contributed by atoms with van der Waals surface area (Å²) in [4.78, 5) is 2.52. The first kappa shape index (κ1) is 9.22. The third-order valence-electron chi connectivity index (χ3n) is 3.32. The number of hydrogen-bond donors (Lipinski definition) is 0. The Kier molecular flexibility index (Phi) is 2.17. The minimum Gasteiger partial charge on any atom is -0.369 e. The number of thiophene rings is 1. The molecule has 0 radical (unpaired) electrons. The predicted octanol–water partition coefficient (Wildman–Crippen LogP) is 3.89. The first-order valence-electron chi connectivity index (χ1n) is 5.58. The largest absolute Gasteiger partial charge is 0.369 e. The van der Waals surface area contributed by atoms with Crippen LogP contribution in [-0.2, 0) is 0 Å². The van der Waals surface area contributed by atoms with Gasteiger partial charge in [-0.25, -0.2) is 0 Å². The Morgan fingerprint density at radius 3 is 3.07 bits per heavy atom. The van der Waals surface area contributed by atoms with E-state index >= 15 is 0 Å². The summed E-state index contributed by atoms with van der Waals surface area (Å²) in [5, 5.41) is 3.55. The molecule has 1 aliphatic rings. The zero-order valence-corrected chi connectivity index (χ0v) is 9.76. The summed E-state index contributed by atoms with van der Waals surface area (Å²) in [5.41, 5.74) is 1.39. The van der Waals surface area contributed by atoms with Gasteiger partial charge in [0.25, 0.3) is 0 Å². The number of fused-ring (bicyclic) bond motifs is 1. The fourth-order valence-corrected chi connectivity index (χ4v) is 3.22. The molecular formula is C13H15NS. The lowest BCUT2D eigenvalue weighted by Gasteiger charge is -2.23. The molecule has 3 rings (SSSR count). The average Bonchev–Trinajstić information content (AvgIpc) is 2.84. The SMILES string of the molecule is CC1CCCN1c1ccc2sccc2c1. The van der Waals surface area contributed by atoms with Crippen molar-refractivity contribution < 1.29 is 0 Å². The fraction of sp³-hybridized carbons (Fsp3) is 0.385. The molecule has 1 atom stereocenters. The number of anilines is 1. The zero-order chi connectivity index (χ0) is 10.3. The maximum absolute atomic E-state index is 2.52. The number of benzene rings is 1. The van der Waals surface area contributed by atoms with E-state index in [4.69, 9.17) is 0 Å². The molecule has 0 amide bonds. The lowest BCUT2D eigenvalue weighted by Crippen LogP contribution is -2.25. The van der Waals surface area contributed by atoms with Crippen LogP contribution in [0.1, 0.15) is 19.8 Å². The number of rotatable bonds is 1. The molecule has 1 aliphatic heterocycles. The molecule has 0 N–H and O–H groups in total. The van der Waals surface area contributed by atoms with Gasteiger partial charge in [-0.15, -0.1) is 11.3 Å². The molecule has 0 bridgehead atoms. The van der Waals surface area contributed by atoms with Crippen LogP contribution in [0.3, 0.4) is 0 Å². The molecule has 0 spiro atoms. The van der Waals surface area contributed by atoms with Crippen molar-refractivity contribution >= 4 is 27.1 Å². The Morgan fingerprint density at radius 2 is 2.27 bits per heavy atom. The van der Waals surface area contributed by atoms with Crippen LogP contribution in [0.15, 0.2) is 29.6 Å². The second-order valence-electron chi connectivity index (χ2n) is 4.33. The van der Waals surface area contributed by atoms with Crippen molar-refractivity contribution in [2.45, 2.75) is 25.8 Å². The van der Waals surface area contributed by atoms with E-state index in [0.29, 0.717) is 6.04 Å². The average molecular weight is 217 g/mol. The van der Waals surface area contributed by atoms with Crippen LogP contribution in [0, 0.1) is 0 Å². The van der Waals surface area contributed by atoms with E-state index in [1.165, 1.54) is 35.2 Å². The molecule has 1 fully saturated rings. The zero-order valence-electron chi connectivity index (χ0n) is 8.94. The van der Waals surface area contributed by atoms with Crippen molar-refractivity contribution in [3.8, 4) is 0 Å². The summed E-state index contributed by atoms with van der Waals surface area (Å²) in [6.45, 7) is 3.54. The summed E-state index contributed by atoms with van der Waals surface area (Å²) >= 11 is 1.82. The summed E-state index contributed by atoms with van der Waals surface area (Å²) in [5.74, 6) is 0. The second-order valence-corrected chi connectivity index (χ2v) is 5.28. The van der Waals surface area contributed by atoms with Crippen LogP contribution in [0.4, 0.5) is 5.69 Å². The van der Waals surface area contributed by atoms with Gasteiger partial charge in [-0.1, -0.05) is 0 Å². The van der Waals surface area contributed by atoms with Crippen molar-refractivity contribution in [1.29, 1.82) is 0 Å². The van der Waals surface area contributed by atoms with E-state index in [0.717, 1.165) is 0 Å². The van der Waals surface area contributed by atoms with Crippen molar-refractivity contribution in [2.24, 2.45) is 0 Å². The smallest absolute Gasteiger partial charge is 0.0375 e. The molecule has 2 heterocycles. The Labute approximate surface area is 94.3 Å². The Hall–Kier alpha value is -1.02. The van der Waals surface area contributed by atoms with Gasteiger partial charge in [0.2, 0.25) is 0 Å². The van der Waals surface area contributed by atoms with Crippen molar-refractivity contribution in [3.63, 3.8) is 0 Å². The van der Waals surface area contributed by atoms with Gasteiger partial charge >= 0.3 is 0 Å². The van der Waals surface area contributed by atoms with Gasteiger partial charge in [-0.05, 0) is 54.8 Å². The van der Waals surface area contributed by atoms with Gasteiger partial charge in [-0.2, -0.15) is 0 Å². The molecule has 1 aromatic heterocycles. The topological polar surface area (TPSA) is 3.24 Å².